The first-order valence-electron chi connectivity index (χ1n) is 10.7. The van der Waals surface area contributed by atoms with Crippen LogP contribution < -0.4 is 4.74 Å². The molecule has 0 aliphatic rings. The number of rotatable bonds is 10. The zero-order valence-electron chi connectivity index (χ0n) is 18.9. The minimum Gasteiger partial charge on any atom is -0.494 e. The van der Waals surface area contributed by atoms with E-state index in [0.29, 0.717) is 23.7 Å². The van der Waals surface area contributed by atoms with E-state index >= 15 is 0 Å². The molecule has 0 amide bonds. The standard InChI is InChI=1S/C26H24F3O5S/c1-32-24(30)12-7-17-33-19-13-15-21(16-14-19)35(20-8-3-2-4-9-20)23-11-6-5-10-22(23)25(31)34-18-26(27,28)29/h2-6,8-11,13-16H,7,12,17-18H2,1H3/q+1. The molecule has 0 spiro atoms. The summed E-state index contributed by atoms with van der Waals surface area (Å²) in [4.78, 5) is 26.1. The first-order valence-corrected chi connectivity index (χ1v) is 11.9. The molecule has 0 saturated heterocycles. The van der Waals surface area contributed by atoms with Crippen molar-refractivity contribution in [3.05, 3.63) is 84.4 Å². The summed E-state index contributed by atoms with van der Waals surface area (Å²) >= 11 is 0. The van der Waals surface area contributed by atoms with E-state index in [2.05, 4.69) is 9.47 Å². The van der Waals surface area contributed by atoms with Gasteiger partial charge in [-0.1, -0.05) is 30.3 Å². The monoisotopic (exact) mass is 505 g/mol. The van der Waals surface area contributed by atoms with Gasteiger partial charge in [0, 0.05) is 6.42 Å². The van der Waals surface area contributed by atoms with Gasteiger partial charge in [0.1, 0.15) is 22.2 Å². The van der Waals surface area contributed by atoms with Crippen LogP contribution in [0.4, 0.5) is 13.2 Å². The molecule has 0 aliphatic carbocycles. The number of carbonyl (C=O) groups is 2. The van der Waals surface area contributed by atoms with Crippen molar-refractivity contribution in [3.63, 3.8) is 0 Å². The van der Waals surface area contributed by atoms with Crippen LogP contribution in [0.3, 0.4) is 0 Å². The molecule has 0 heterocycles. The topological polar surface area (TPSA) is 61.8 Å². The van der Waals surface area contributed by atoms with E-state index in [4.69, 9.17) is 4.74 Å². The molecule has 0 radical (unpaired) electrons. The first-order chi connectivity index (χ1) is 16.8. The molecule has 0 N–H and O–H groups in total. The maximum Gasteiger partial charge on any atom is 0.422 e. The smallest absolute Gasteiger partial charge is 0.422 e. The molecule has 5 nitrogen and oxygen atoms in total. The average Bonchev–Trinajstić information content (AvgIpc) is 2.86. The maximum absolute atomic E-state index is 12.6. The normalized spacial score (nSPS) is 12.0. The van der Waals surface area contributed by atoms with Crippen molar-refractivity contribution in [1.82, 2.24) is 0 Å². The number of alkyl halides is 3. The zero-order chi connectivity index (χ0) is 25.3. The lowest BCUT2D eigenvalue weighted by molar-refractivity contribution is -0.161. The van der Waals surface area contributed by atoms with Crippen molar-refractivity contribution in [1.29, 1.82) is 0 Å². The van der Waals surface area contributed by atoms with Crippen LogP contribution in [0.2, 0.25) is 0 Å². The van der Waals surface area contributed by atoms with Gasteiger partial charge in [-0.05, 0) is 55.0 Å². The van der Waals surface area contributed by atoms with Crippen LogP contribution in [-0.2, 0) is 25.2 Å². The van der Waals surface area contributed by atoms with Crippen molar-refractivity contribution in [2.75, 3.05) is 20.3 Å². The Bertz CT molecular complexity index is 1120. The van der Waals surface area contributed by atoms with Gasteiger partial charge in [-0.25, -0.2) is 4.79 Å². The largest absolute Gasteiger partial charge is 0.494 e. The number of benzene rings is 3. The van der Waals surface area contributed by atoms with Crippen molar-refractivity contribution in [3.8, 4) is 5.75 Å². The molecule has 0 aromatic heterocycles. The predicted octanol–water partition coefficient (Wildman–Crippen LogP) is 5.83. The number of halogens is 3. The predicted molar refractivity (Wildman–Crippen MR) is 125 cm³/mol. The Kier molecular flexibility index (Phi) is 9.19. The van der Waals surface area contributed by atoms with Gasteiger partial charge < -0.3 is 14.2 Å². The van der Waals surface area contributed by atoms with E-state index in [9.17, 15) is 22.8 Å². The molecule has 3 aromatic rings. The molecule has 9 heteroatoms. The molecule has 0 fully saturated rings. The van der Waals surface area contributed by atoms with E-state index < -0.39 is 29.6 Å². The second-order valence-electron chi connectivity index (χ2n) is 7.31. The molecule has 0 bridgehead atoms. The van der Waals surface area contributed by atoms with Crippen molar-refractivity contribution >= 4 is 22.8 Å². The number of esters is 2. The summed E-state index contributed by atoms with van der Waals surface area (Å²) in [5, 5.41) is 0. The Labute approximate surface area is 204 Å². The van der Waals surface area contributed by atoms with Crippen LogP contribution in [0.1, 0.15) is 23.2 Å². The van der Waals surface area contributed by atoms with Crippen LogP contribution in [-0.4, -0.2) is 38.4 Å². The van der Waals surface area contributed by atoms with Gasteiger partial charge in [-0.15, -0.1) is 0 Å². The minimum atomic E-state index is -4.61. The lowest BCUT2D eigenvalue weighted by Gasteiger charge is -2.13. The van der Waals surface area contributed by atoms with Crippen LogP contribution in [0.5, 0.6) is 5.75 Å². The first kappa shape index (κ1) is 26.2. The molecule has 0 aliphatic heterocycles. The van der Waals surface area contributed by atoms with Gasteiger partial charge >= 0.3 is 18.1 Å². The average molecular weight is 506 g/mol. The summed E-state index contributed by atoms with van der Waals surface area (Å²) in [6.45, 7) is -1.31. The Morgan fingerprint density at radius 3 is 2.14 bits per heavy atom. The molecular formula is C26H24F3O5S+. The number of hydrogen-bond acceptors (Lipinski definition) is 5. The van der Waals surface area contributed by atoms with Gasteiger partial charge in [-0.3, -0.25) is 4.79 Å². The van der Waals surface area contributed by atoms with E-state index in [1.165, 1.54) is 13.2 Å². The van der Waals surface area contributed by atoms with E-state index in [1.807, 2.05) is 42.5 Å². The van der Waals surface area contributed by atoms with E-state index in [1.54, 1.807) is 30.3 Å². The van der Waals surface area contributed by atoms with Gasteiger partial charge in [0.05, 0.1) is 13.7 Å². The Balaban J connectivity index is 1.87. The number of carbonyl (C=O) groups excluding carboxylic acids is 2. The number of hydrogen-bond donors (Lipinski definition) is 0. The second kappa shape index (κ2) is 12.3. The van der Waals surface area contributed by atoms with Crippen LogP contribution >= 0.6 is 0 Å². The van der Waals surface area contributed by atoms with Crippen LogP contribution in [0.25, 0.3) is 0 Å². The van der Waals surface area contributed by atoms with Crippen LogP contribution in [0.15, 0.2) is 93.5 Å². The van der Waals surface area contributed by atoms with Gasteiger partial charge in [-0.2, -0.15) is 13.2 Å². The summed E-state index contributed by atoms with van der Waals surface area (Å²) in [6, 6.07) is 23.2. The Hall–Kier alpha value is -3.46. The lowest BCUT2D eigenvalue weighted by atomic mass is 10.2. The van der Waals surface area contributed by atoms with Gasteiger partial charge in [0.2, 0.25) is 0 Å². The van der Waals surface area contributed by atoms with Crippen molar-refractivity contribution < 1.29 is 37.0 Å². The number of methoxy groups -OCH3 is 1. The third-order valence-corrected chi connectivity index (χ3v) is 7.04. The molecule has 184 valence electrons. The zero-order valence-corrected chi connectivity index (χ0v) is 19.7. The molecular weight excluding hydrogens is 481 g/mol. The highest BCUT2D eigenvalue weighted by atomic mass is 32.2. The highest BCUT2D eigenvalue weighted by molar-refractivity contribution is 7.97. The van der Waals surface area contributed by atoms with Crippen LogP contribution in [0, 0.1) is 0 Å². The van der Waals surface area contributed by atoms with E-state index in [-0.39, 0.29) is 18.0 Å². The fourth-order valence-electron chi connectivity index (χ4n) is 3.17. The fourth-order valence-corrected chi connectivity index (χ4v) is 5.37. The Morgan fingerprint density at radius 1 is 0.857 bits per heavy atom. The Morgan fingerprint density at radius 2 is 1.49 bits per heavy atom. The van der Waals surface area contributed by atoms with Crippen molar-refractivity contribution in [2.45, 2.75) is 33.7 Å². The molecule has 1 unspecified atom stereocenters. The molecule has 0 saturated carbocycles. The molecule has 1 atom stereocenters. The molecule has 35 heavy (non-hydrogen) atoms. The van der Waals surface area contributed by atoms with Gasteiger partial charge in [0.25, 0.3) is 0 Å². The van der Waals surface area contributed by atoms with Gasteiger partial charge in [0.15, 0.2) is 21.3 Å². The second-order valence-corrected chi connectivity index (χ2v) is 9.30. The minimum absolute atomic E-state index is 0.0760. The highest BCUT2D eigenvalue weighted by Crippen LogP contribution is 2.34. The summed E-state index contributed by atoms with van der Waals surface area (Å²) in [7, 11) is 0.540. The summed E-state index contributed by atoms with van der Waals surface area (Å²) in [5.41, 5.74) is 0.0760. The summed E-state index contributed by atoms with van der Waals surface area (Å²) < 4.78 is 52.7. The number of ether oxygens (including phenoxy) is 3. The summed E-state index contributed by atoms with van der Waals surface area (Å²) in [6.07, 6.45) is -3.85. The quantitative estimate of drug-likeness (QED) is 0.197. The molecule has 3 aromatic carbocycles. The highest BCUT2D eigenvalue weighted by Gasteiger charge is 2.35. The fraction of sp³-hybridized carbons (Fsp3) is 0.231. The third kappa shape index (κ3) is 7.78. The maximum atomic E-state index is 12.6. The molecule has 3 rings (SSSR count). The summed E-state index contributed by atoms with van der Waals surface area (Å²) in [5.74, 6) is -0.728. The lowest BCUT2D eigenvalue weighted by Crippen LogP contribution is -2.21. The third-order valence-electron chi connectivity index (χ3n) is 4.75. The van der Waals surface area contributed by atoms with E-state index in [0.717, 1.165) is 9.79 Å². The van der Waals surface area contributed by atoms with Crippen molar-refractivity contribution in [2.24, 2.45) is 0 Å². The SMILES string of the molecule is COC(=O)CCCOc1ccc([S+](c2ccccc2)c2ccccc2C(=O)OCC(F)(F)F)cc1.